The third-order valence-electron chi connectivity index (χ3n) is 5.38. The lowest BCUT2D eigenvalue weighted by Gasteiger charge is -2.14. The first-order valence-corrected chi connectivity index (χ1v) is 11.4. The molecule has 34 heavy (non-hydrogen) atoms. The van der Waals surface area contributed by atoms with Gasteiger partial charge in [0.05, 0.1) is 48.0 Å². The smallest absolute Gasteiger partial charge is 0.237 e. The molecule has 0 saturated carbocycles. The molecule has 4 rings (SSSR count). The van der Waals surface area contributed by atoms with Crippen LogP contribution in [0.15, 0.2) is 48.8 Å². The first kappa shape index (κ1) is 23.9. The van der Waals surface area contributed by atoms with E-state index in [1.165, 1.54) is 7.11 Å². The second-order valence-corrected chi connectivity index (χ2v) is 8.07. The molecule has 7 nitrogen and oxygen atoms in total. The number of aryl methyl sites for hydroxylation is 1. The molecule has 174 valence electrons. The number of halogens is 2. The highest BCUT2D eigenvalue weighted by atomic mass is 35.5. The second-order valence-electron chi connectivity index (χ2n) is 7.31. The average Bonchev–Trinajstić information content (AvgIpc) is 2.88. The molecular weight excluding hydrogens is 473 g/mol. The summed E-state index contributed by atoms with van der Waals surface area (Å²) in [6, 6.07) is 11.4. The normalized spacial score (nSPS) is 10.9. The van der Waals surface area contributed by atoms with Gasteiger partial charge in [0.2, 0.25) is 11.8 Å². The van der Waals surface area contributed by atoms with Crippen molar-refractivity contribution in [1.82, 2.24) is 19.9 Å². The monoisotopic (exact) mass is 495 g/mol. The molecule has 0 atom stereocenters. The number of aromatic nitrogens is 4. The fourth-order valence-corrected chi connectivity index (χ4v) is 4.29. The van der Waals surface area contributed by atoms with E-state index in [0.29, 0.717) is 50.9 Å². The van der Waals surface area contributed by atoms with Crippen LogP contribution in [-0.4, -0.2) is 34.2 Å². The number of rotatable bonds is 7. The van der Waals surface area contributed by atoms with Crippen molar-refractivity contribution in [2.75, 3.05) is 14.2 Å². The first-order chi connectivity index (χ1) is 16.5. The van der Waals surface area contributed by atoms with Crippen LogP contribution in [0.5, 0.6) is 11.8 Å². The van der Waals surface area contributed by atoms with Gasteiger partial charge in [-0.3, -0.25) is 9.97 Å². The summed E-state index contributed by atoms with van der Waals surface area (Å²) in [6.07, 6.45) is 4.04. The Balaban J connectivity index is 1.82. The zero-order valence-corrected chi connectivity index (χ0v) is 20.5. The highest BCUT2D eigenvalue weighted by Gasteiger charge is 2.18. The fraction of sp³-hybridized carbons (Fsp3) is 0.200. The summed E-state index contributed by atoms with van der Waals surface area (Å²) >= 11 is 13.7. The summed E-state index contributed by atoms with van der Waals surface area (Å²) in [7, 11) is 3.11. The lowest BCUT2D eigenvalue weighted by molar-refractivity contribution is 0.390. The molecule has 2 aromatic carbocycles. The zero-order valence-electron chi connectivity index (χ0n) is 19.0. The van der Waals surface area contributed by atoms with Gasteiger partial charge in [-0.2, -0.15) is 0 Å². The van der Waals surface area contributed by atoms with Crippen molar-refractivity contribution in [2.45, 2.75) is 19.9 Å². The molecule has 2 heterocycles. The maximum atomic E-state index is 6.88. The van der Waals surface area contributed by atoms with Gasteiger partial charge in [0.1, 0.15) is 11.4 Å². The fourth-order valence-electron chi connectivity index (χ4n) is 3.64. The van der Waals surface area contributed by atoms with E-state index >= 15 is 0 Å². The number of ether oxygens (including phenoxy) is 2. The highest BCUT2D eigenvalue weighted by Crippen LogP contribution is 2.42. The van der Waals surface area contributed by atoms with Gasteiger partial charge in [0, 0.05) is 28.8 Å². The Hall–Kier alpha value is -3.26. The molecule has 0 bridgehead atoms. The van der Waals surface area contributed by atoms with Crippen LogP contribution in [-0.2, 0) is 13.0 Å². The third-order valence-corrected chi connectivity index (χ3v) is 6.19. The Morgan fingerprint density at radius 1 is 0.735 bits per heavy atom. The lowest BCUT2D eigenvalue weighted by atomic mass is 9.98. The molecular formula is C25H23Cl2N5O2. The Kier molecular flexibility index (Phi) is 7.26. The maximum Gasteiger partial charge on any atom is 0.237 e. The first-order valence-electron chi connectivity index (χ1n) is 10.6. The standard InChI is InChI=1S/C25H23Cl2N5O2/c1-4-18-24(33-2)31-20(12-29-18)16-9-5-7-14(22(16)26)15-8-6-10-17(23(15)27)21-13-30-19(11-28)25(32-21)34-3/h5-10,12-13H,4,11,28H2,1-3H3. The summed E-state index contributed by atoms with van der Waals surface area (Å²) in [5.74, 6) is 0.847. The molecule has 0 aliphatic carbocycles. The predicted octanol–water partition coefficient (Wildman–Crippen LogP) is 5.61. The Labute approximate surface area is 207 Å². The molecule has 0 fully saturated rings. The van der Waals surface area contributed by atoms with Crippen LogP contribution in [0.3, 0.4) is 0 Å². The van der Waals surface area contributed by atoms with E-state index in [1.807, 2.05) is 43.3 Å². The van der Waals surface area contributed by atoms with Crippen molar-refractivity contribution in [2.24, 2.45) is 5.73 Å². The molecule has 2 N–H and O–H groups in total. The molecule has 9 heteroatoms. The minimum atomic E-state index is 0.222. The van der Waals surface area contributed by atoms with Crippen LogP contribution in [0.25, 0.3) is 33.6 Å². The van der Waals surface area contributed by atoms with Crippen LogP contribution in [0, 0.1) is 0 Å². The van der Waals surface area contributed by atoms with Gasteiger partial charge in [0.15, 0.2) is 0 Å². The second kappa shape index (κ2) is 10.3. The molecule has 4 aromatic rings. The van der Waals surface area contributed by atoms with Crippen LogP contribution in [0.2, 0.25) is 10.0 Å². The van der Waals surface area contributed by atoms with Crippen molar-refractivity contribution in [3.63, 3.8) is 0 Å². The molecule has 0 saturated heterocycles. The van der Waals surface area contributed by atoms with E-state index in [0.717, 1.165) is 22.4 Å². The Bertz CT molecular complexity index is 1240. The minimum absolute atomic E-state index is 0.222. The van der Waals surface area contributed by atoms with Crippen LogP contribution >= 0.6 is 23.2 Å². The van der Waals surface area contributed by atoms with E-state index in [-0.39, 0.29) is 6.54 Å². The van der Waals surface area contributed by atoms with E-state index in [4.69, 9.17) is 38.4 Å². The molecule has 0 aliphatic heterocycles. The Morgan fingerprint density at radius 2 is 1.18 bits per heavy atom. The van der Waals surface area contributed by atoms with E-state index in [9.17, 15) is 0 Å². The van der Waals surface area contributed by atoms with Crippen LogP contribution in [0.4, 0.5) is 0 Å². The summed E-state index contributed by atoms with van der Waals surface area (Å²) in [6.45, 7) is 2.22. The predicted molar refractivity (Wildman–Crippen MR) is 134 cm³/mol. The minimum Gasteiger partial charge on any atom is -0.480 e. The number of methoxy groups -OCH3 is 2. The van der Waals surface area contributed by atoms with Gasteiger partial charge in [0.25, 0.3) is 0 Å². The molecule has 0 amide bonds. The van der Waals surface area contributed by atoms with Crippen molar-refractivity contribution in [3.05, 3.63) is 70.2 Å². The van der Waals surface area contributed by atoms with Crippen molar-refractivity contribution < 1.29 is 9.47 Å². The lowest BCUT2D eigenvalue weighted by Crippen LogP contribution is -2.05. The van der Waals surface area contributed by atoms with Gasteiger partial charge in [-0.05, 0) is 6.42 Å². The van der Waals surface area contributed by atoms with Gasteiger partial charge in [-0.1, -0.05) is 66.5 Å². The van der Waals surface area contributed by atoms with E-state index in [1.54, 1.807) is 19.5 Å². The van der Waals surface area contributed by atoms with Gasteiger partial charge < -0.3 is 15.2 Å². The quantitative estimate of drug-likeness (QED) is 0.355. The Morgan fingerprint density at radius 3 is 1.62 bits per heavy atom. The average molecular weight is 496 g/mol. The van der Waals surface area contributed by atoms with Crippen molar-refractivity contribution >= 4 is 23.2 Å². The molecule has 0 unspecified atom stereocenters. The zero-order chi connectivity index (χ0) is 24.2. The number of benzene rings is 2. The maximum absolute atomic E-state index is 6.88. The highest BCUT2D eigenvalue weighted by molar-refractivity contribution is 6.39. The largest absolute Gasteiger partial charge is 0.480 e. The van der Waals surface area contributed by atoms with Crippen LogP contribution in [0.1, 0.15) is 18.3 Å². The van der Waals surface area contributed by atoms with E-state index < -0.39 is 0 Å². The van der Waals surface area contributed by atoms with E-state index in [2.05, 4.69) is 19.9 Å². The number of nitrogens with two attached hydrogens (primary N) is 1. The number of hydrogen-bond acceptors (Lipinski definition) is 7. The number of hydrogen-bond donors (Lipinski definition) is 1. The molecule has 0 aliphatic rings. The topological polar surface area (TPSA) is 96.0 Å². The van der Waals surface area contributed by atoms with Crippen molar-refractivity contribution in [3.8, 4) is 45.4 Å². The molecule has 0 radical (unpaired) electrons. The summed E-state index contributed by atoms with van der Waals surface area (Å²) in [5, 5.41) is 0.993. The SMILES string of the molecule is CCc1ncc(-c2cccc(-c3cccc(-c4cnc(CN)c(OC)n4)c3Cl)c2Cl)nc1OC. The third kappa shape index (κ3) is 4.42. The number of nitrogens with zero attached hydrogens (tertiary/aromatic N) is 4. The van der Waals surface area contributed by atoms with Crippen molar-refractivity contribution in [1.29, 1.82) is 0 Å². The molecule has 0 spiro atoms. The summed E-state index contributed by atoms with van der Waals surface area (Å²) < 4.78 is 10.7. The van der Waals surface area contributed by atoms with Gasteiger partial charge in [-0.15, -0.1) is 0 Å². The summed E-state index contributed by atoms with van der Waals surface area (Å²) in [4.78, 5) is 18.0. The van der Waals surface area contributed by atoms with Crippen LogP contribution < -0.4 is 15.2 Å². The molecule has 2 aromatic heterocycles. The van der Waals surface area contributed by atoms with Gasteiger partial charge in [-0.25, -0.2) is 9.97 Å². The summed E-state index contributed by atoms with van der Waals surface area (Å²) in [5.41, 5.74) is 11.2. The van der Waals surface area contributed by atoms with Gasteiger partial charge >= 0.3 is 0 Å².